The van der Waals surface area contributed by atoms with Gasteiger partial charge in [-0.25, -0.2) is 0 Å². The lowest BCUT2D eigenvalue weighted by Crippen LogP contribution is -2.29. The maximum absolute atomic E-state index is 11.4. The predicted molar refractivity (Wildman–Crippen MR) is 73.0 cm³/mol. The monoisotopic (exact) mass is 309 g/mol. The van der Waals surface area contributed by atoms with Gasteiger partial charge in [-0.05, 0) is 37.0 Å². The Balaban J connectivity index is 1.73. The van der Waals surface area contributed by atoms with Crippen molar-refractivity contribution in [2.24, 2.45) is 0 Å². The van der Waals surface area contributed by atoms with Gasteiger partial charge in [0.15, 0.2) is 0 Å². The van der Waals surface area contributed by atoms with Crippen LogP contribution in [-0.4, -0.2) is 23.3 Å². The molecule has 2 amide bonds. The number of carbonyl (C=O) groups excluding carboxylic acids is 2. The molecule has 0 aliphatic carbocycles. The molecule has 1 saturated heterocycles. The highest BCUT2D eigenvalue weighted by molar-refractivity contribution is 9.10. The lowest BCUT2D eigenvalue weighted by Gasteiger charge is -2.13. The van der Waals surface area contributed by atoms with Gasteiger partial charge in [-0.15, -0.1) is 0 Å². The molecule has 96 valence electrons. The van der Waals surface area contributed by atoms with E-state index < -0.39 is 0 Å². The Hall–Kier alpha value is -1.16. The van der Waals surface area contributed by atoms with Crippen molar-refractivity contribution in [2.45, 2.75) is 32.1 Å². The third-order valence-corrected chi connectivity index (χ3v) is 3.63. The highest BCUT2D eigenvalue weighted by Gasteiger charge is 2.27. The minimum absolute atomic E-state index is 0.0116. The lowest BCUT2D eigenvalue weighted by molar-refractivity contribution is -0.138. The molecule has 0 bridgehead atoms. The first-order chi connectivity index (χ1) is 8.66. The number of imide groups is 1. The van der Waals surface area contributed by atoms with Gasteiger partial charge in [0.2, 0.25) is 11.8 Å². The second-order valence-electron chi connectivity index (χ2n) is 4.53. The summed E-state index contributed by atoms with van der Waals surface area (Å²) >= 11 is 3.44. The molecule has 1 aliphatic rings. The van der Waals surface area contributed by atoms with Crippen LogP contribution in [0.1, 0.15) is 31.2 Å². The summed E-state index contributed by atoms with van der Waals surface area (Å²) in [4.78, 5) is 24.2. The normalized spacial score (nSPS) is 15.5. The van der Waals surface area contributed by atoms with Gasteiger partial charge < -0.3 is 0 Å². The first-order valence-electron chi connectivity index (χ1n) is 6.24. The van der Waals surface area contributed by atoms with Gasteiger partial charge in [0.25, 0.3) is 0 Å². The van der Waals surface area contributed by atoms with Crippen LogP contribution >= 0.6 is 15.9 Å². The molecule has 1 heterocycles. The zero-order chi connectivity index (χ0) is 13.0. The van der Waals surface area contributed by atoms with Crippen molar-refractivity contribution in [1.29, 1.82) is 0 Å². The Kier molecular flexibility index (Phi) is 4.53. The van der Waals surface area contributed by atoms with Crippen molar-refractivity contribution in [3.63, 3.8) is 0 Å². The zero-order valence-electron chi connectivity index (χ0n) is 10.2. The van der Waals surface area contributed by atoms with Gasteiger partial charge in [-0.3, -0.25) is 14.5 Å². The Morgan fingerprint density at radius 2 is 1.83 bits per heavy atom. The van der Waals surface area contributed by atoms with E-state index in [1.54, 1.807) is 0 Å². The van der Waals surface area contributed by atoms with E-state index in [0.29, 0.717) is 19.4 Å². The van der Waals surface area contributed by atoms with Crippen LogP contribution in [0.3, 0.4) is 0 Å². The molecule has 2 rings (SSSR count). The number of carbonyl (C=O) groups is 2. The number of likely N-dealkylation sites (tertiary alicyclic amines) is 1. The summed E-state index contributed by atoms with van der Waals surface area (Å²) in [6.45, 7) is 0.575. The molecule has 1 aliphatic heterocycles. The number of benzene rings is 1. The number of hydrogen-bond acceptors (Lipinski definition) is 2. The molecule has 0 unspecified atom stereocenters. The SMILES string of the molecule is O=C1CCC(=O)N1CCCCc1cccc(Br)c1. The smallest absolute Gasteiger partial charge is 0.229 e. The summed E-state index contributed by atoms with van der Waals surface area (Å²) < 4.78 is 1.09. The molecular formula is C14H16BrNO2. The van der Waals surface area contributed by atoms with Gasteiger partial charge >= 0.3 is 0 Å². The number of hydrogen-bond donors (Lipinski definition) is 0. The third-order valence-electron chi connectivity index (χ3n) is 3.14. The number of unbranched alkanes of at least 4 members (excludes halogenated alkanes) is 1. The van der Waals surface area contributed by atoms with Gasteiger partial charge in [-0.1, -0.05) is 28.1 Å². The van der Waals surface area contributed by atoms with E-state index in [1.165, 1.54) is 10.5 Å². The third kappa shape index (κ3) is 3.42. The molecule has 1 aromatic rings. The van der Waals surface area contributed by atoms with E-state index in [9.17, 15) is 9.59 Å². The van der Waals surface area contributed by atoms with Gasteiger partial charge in [0, 0.05) is 23.9 Å². The van der Waals surface area contributed by atoms with Gasteiger partial charge in [0.05, 0.1) is 0 Å². The highest BCUT2D eigenvalue weighted by atomic mass is 79.9. The van der Waals surface area contributed by atoms with Crippen molar-refractivity contribution < 1.29 is 9.59 Å². The lowest BCUT2D eigenvalue weighted by atomic mass is 10.1. The molecule has 4 heteroatoms. The molecule has 1 aromatic carbocycles. The van der Waals surface area contributed by atoms with Gasteiger partial charge in [0.1, 0.15) is 0 Å². The Morgan fingerprint density at radius 3 is 2.50 bits per heavy atom. The van der Waals surface area contributed by atoms with Crippen LogP contribution in [0.25, 0.3) is 0 Å². The standard InChI is InChI=1S/C14H16BrNO2/c15-12-6-3-5-11(10-12)4-1-2-9-16-13(17)7-8-14(16)18/h3,5-6,10H,1-2,4,7-9H2. The predicted octanol–water partition coefficient (Wildman–Crippen LogP) is 2.92. The van der Waals surface area contributed by atoms with Crippen molar-refractivity contribution in [2.75, 3.05) is 6.54 Å². The average molecular weight is 310 g/mol. The maximum atomic E-state index is 11.4. The first-order valence-corrected chi connectivity index (χ1v) is 7.04. The summed E-state index contributed by atoms with van der Waals surface area (Å²) in [5.41, 5.74) is 1.28. The van der Waals surface area contributed by atoms with Gasteiger partial charge in [-0.2, -0.15) is 0 Å². The summed E-state index contributed by atoms with van der Waals surface area (Å²) in [6.07, 6.45) is 3.64. The van der Waals surface area contributed by atoms with Crippen molar-refractivity contribution >= 4 is 27.7 Å². The topological polar surface area (TPSA) is 37.4 Å². The van der Waals surface area contributed by atoms with E-state index in [2.05, 4.69) is 28.1 Å². The Morgan fingerprint density at radius 1 is 1.11 bits per heavy atom. The number of nitrogens with zero attached hydrogens (tertiary/aromatic N) is 1. The van der Waals surface area contributed by atoms with E-state index in [-0.39, 0.29) is 11.8 Å². The van der Waals surface area contributed by atoms with Crippen LogP contribution < -0.4 is 0 Å². The number of amides is 2. The van der Waals surface area contributed by atoms with Crippen LogP contribution in [0.4, 0.5) is 0 Å². The van der Waals surface area contributed by atoms with Crippen LogP contribution in [0.2, 0.25) is 0 Å². The van der Waals surface area contributed by atoms with E-state index >= 15 is 0 Å². The van der Waals surface area contributed by atoms with E-state index in [1.807, 2.05) is 12.1 Å². The van der Waals surface area contributed by atoms with Crippen molar-refractivity contribution in [1.82, 2.24) is 4.90 Å². The molecule has 18 heavy (non-hydrogen) atoms. The average Bonchev–Trinajstić information content (AvgIpc) is 2.66. The molecule has 1 fully saturated rings. The molecule has 3 nitrogen and oxygen atoms in total. The molecule has 0 radical (unpaired) electrons. The van der Waals surface area contributed by atoms with Crippen molar-refractivity contribution in [3.05, 3.63) is 34.3 Å². The number of rotatable bonds is 5. The molecule has 0 atom stereocenters. The summed E-state index contributed by atoms with van der Waals surface area (Å²) in [7, 11) is 0. The summed E-state index contributed by atoms with van der Waals surface area (Å²) in [5.74, 6) is -0.0232. The maximum Gasteiger partial charge on any atom is 0.229 e. The molecule has 0 spiro atoms. The minimum Gasteiger partial charge on any atom is -0.283 e. The van der Waals surface area contributed by atoms with Crippen LogP contribution in [-0.2, 0) is 16.0 Å². The molecule has 0 N–H and O–H groups in total. The summed E-state index contributed by atoms with van der Waals surface area (Å²) in [6, 6.07) is 8.22. The second kappa shape index (κ2) is 6.14. The van der Waals surface area contributed by atoms with Crippen LogP contribution in [0.15, 0.2) is 28.7 Å². The quantitative estimate of drug-likeness (QED) is 0.619. The minimum atomic E-state index is -0.0116. The fourth-order valence-electron chi connectivity index (χ4n) is 2.16. The fourth-order valence-corrected chi connectivity index (χ4v) is 2.61. The first kappa shape index (κ1) is 13.3. The zero-order valence-corrected chi connectivity index (χ0v) is 11.8. The largest absolute Gasteiger partial charge is 0.283 e. The Bertz CT molecular complexity index is 443. The van der Waals surface area contributed by atoms with E-state index in [0.717, 1.165) is 23.7 Å². The van der Waals surface area contributed by atoms with Crippen LogP contribution in [0.5, 0.6) is 0 Å². The van der Waals surface area contributed by atoms with Crippen LogP contribution in [0, 0.1) is 0 Å². The van der Waals surface area contributed by atoms with E-state index in [4.69, 9.17) is 0 Å². The number of aryl methyl sites for hydroxylation is 1. The molecule has 0 saturated carbocycles. The Labute approximate surface area is 115 Å². The molecular weight excluding hydrogens is 294 g/mol. The van der Waals surface area contributed by atoms with Crippen molar-refractivity contribution in [3.8, 4) is 0 Å². The number of halogens is 1. The summed E-state index contributed by atoms with van der Waals surface area (Å²) in [5, 5.41) is 0. The fraction of sp³-hybridized carbons (Fsp3) is 0.429. The highest BCUT2D eigenvalue weighted by Crippen LogP contribution is 2.15. The molecule has 0 aromatic heterocycles. The second-order valence-corrected chi connectivity index (χ2v) is 5.44.